The number of carbonyl (C=O) groups excluding carboxylic acids is 1. The van der Waals surface area contributed by atoms with Crippen LogP contribution in [0, 0.1) is 17.7 Å². The monoisotopic (exact) mass is 510 g/mol. The number of carbonyl (C=O) groups is 1. The summed E-state index contributed by atoms with van der Waals surface area (Å²) in [5, 5.41) is 13.7. The lowest BCUT2D eigenvalue weighted by Crippen LogP contribution is -2.50. The molecule has 1 amide bonds. The summed E-state index contributed by atoms with van der Waals surface area (Å²) in [6.45, 7) is 1.12. The van der Waals surface area contributed by atoms with E-state index in [1.807, 2.05) is 24.3 Å². The first-order valence-electron chi connectivity index (χ1n) is 11.2. The number of H-pyrrole nitrogens is 1. The van der Waals surface area contributed by atoms with Crippen molar-refractivity contribution in [2.24, 2.45) is 0 Å². The van der Waals surface area contributed by atoms with Crippen LogP contribution >= 0.6 is 0 Å². The van der Waals surface area contributed by atoms with Crippen LogP contribution in [0.2, 0.25) is 0 Å². The molecular formula is C28H22F4N2O3. The number of benzene rings is 3. The van der Waals surface area contributed by atoms with E-state index in [1.165, 1.54) is 36.4 Å². The fourth-order valence-electron chi connectivity index (χ4n) is 3.86. The number of para-hydroxylation sites is 1. The van der Waals surface area contributed by atoms with Gasteiger partial charge in [0.05, 0.1) is 17.7 Å². The average Bonchev–Trinajstić information content (AvgIpc) is 3.25. The van der Waals surface area contributed by atoms with Crippen molar-refractivity contribution < 1.29 is 32.2 Å². The van der Waals surface area contributed by atoms with Crippen molar-refractivity contribution in [1.29, 1.82) is 0 Å². The molecule has 37 heavy (non-hydrogen) atoms. The third-order valence-electron chi connectivity index (χ3n) is 5.67. The predicted octanol–water partition coefficient (Wildman–Crippen LogP) is 5.33. The van der Waals surface area contributed by atoms with Gasteiger partial charge in [-0.1, -0.05) is 30.0 Å². The Kier molecular flexibility index (Phi) is 7.23. The number of aromatic nitrogens is 1. The highest BCUT2D eigenvalue weighted by atomic mass is 19.4. The van der Waals surface area contributed by atoms with Crippen LogP contribution in [-0.4, -0.2) is 34.5 Å². The Labute approximate surface area is 210 Å². The minimum Gasteiger partial charge on any atom is -0.405 e. The molecule has 5 nitrogen and oxygen atoms in total. The van der Waals surface area contributed by atoms with Crippen molar-refractivity contribution in [3.8, 4) is 17.6 Å². The lowest BCUT2D eigenvalue weighted by atomic mass is 9.92. The minimum absolute atomic E-state index is 0.207. The van der Waals surface area contributed by atoms with Crippen molar-refractivity contribution in [1.82, 2.24) is 10.3 Å². The van der Waals surface area contributed by atoms with Gasteiger partial charge in [-0.25, -0.2) is 4.39 Å². The van der Waals surface area contributed by atoms with E-state index in [0.29, 0.717) is 5.56 Å². The largest absolute Gasteiger partial charge is 0.573 e. The van der Waals surface area contributed by atoms with Gasteiger partial charge in [0.25, 0.3) is 5.91 Å². The number of fused-ring (bicyclic) bond motifs is 1. The summed E-state index contributed by atoms with van der Waals surface area (Å²) in [5.74, 6) is 3.52. The van der Waals surface area contributed by atoms with Crippen molar-refractivity contribution in [3.63, 3.8) is 0 Å². The molecule has 9 heteroatoms. The highest BCUT2D eigenvalue weighted by molar-refractivity contribution is 5.98. The molecule has 1 atom stereocenters. The van der Waals surface area contributed by atoms with Crippen LogP contribution in [0.5, 0.6) is 5.75 Å². The third-order valence-corrected chi connectivity index (χ3v) is 5.67. The molecule has 0 saturated heterocycles. The molecule has 3 aromatic carbocycles. The Morgan fingerprint density at radius 2 is 1.70 bits per heavy atom. The fraction of sp³-hybridized carbons (Fsp3) is 0.179. The Morgan fingerprint density at radius 3 is 2.41 bits per heavy atom. The first kappa shape index (κ1) is 25.8. The van der Waals surface area contributed by atoms with Gasteiger partial charge in [-0.15, -0.1) is 13.2 Å². The van der Waals surface area contributed by atoms with Crippen LogP contribution in [0.1, 0.15) is 34.0 Å². The van der Waals surface area contributed by atoms with Gasteiger partial charge < -0.3 is 20.1 Å². The predicted molar refractivity (Wildman–Crippen MR) is 130 cm³/mol. The molecule has 4 aromatic rings. The molecule has 1 heterocycles. The highest BCUT2D eigenvalue weighted by Gasteiger charge is 2.34. The molecule has 0 radical (unpaired) electrons. The van der Waals surface area contributed by atoms with E-state index in [1.54, 1.807) is 13.1 Å². The van der Waals surface area contributed by atoms with E-state index >= 15 is 0 Å². The molecule has 1 unspecified atom stereocenters. The number of nitrogens with one attached hydrogen (secondary N) is 2. The van der Waals surface area contributed by atoms with E-state index in [0.717, 1.165) is 22.5 Å². The second-order valence-electron chi connectivity index (χ2n) is 8.72. The third kappa shape index (κ3) is 6.48. The zero-order valence-corrected chi connectivity index (χ0v) is 19.6. The maximum Gasteiger partial charge on any atom is 0.573 e. The Hall–Kier alpha value is -4.29. The van der Waals surface area contributed by atoms with Gasteiger partial charge in [0.1, 0.15) is 11.6 Å². The second-order valence-corrected chi connectivity index (χ2v) is 8.72. The molecule has 0 spiro atoms. The normalized spacial score (nSPS) is 12.9. The van der Waals surface area contributed by atoms with Gasteiger partial charge in [-0.3, -0.25) is 4.79 Å². The lowest BCUT2D eigenvalue weighted by molar-refractivity contribution is -0.274. The molecule has 1 aromatic heterocycles. The fourth-order valence-corrected chi connectivity index (χ4v) is 3.86. The number of hydrogen-bond donors (Lipinski definition) is 3. The summed E-state index contributed by atoms with van der Waals surface area (Å²) in [6, 6.07) is 16.3. The Bertz CT molecular complexity index is 1480. The number of hydrogen-bond acceptors (Lipinski definition) is 3. The van der Waals surface area contributed by atoms with Crippen LogP contribution in [0.3, 0.4) is 0 Å². The summed E-state index contributed by atoms with van der Waals surface area (Å²) in [7, 11) is 0. The summed E-state index contributed by atoms with van der Waals surface area (Å²) in [6.07, 6.45) is -3.06. The zero-order chi connectivity index (χ0) is 26.6. The minimum atomic E-state index is -5.03. The number of amides is 1. The van der Waals surface area contributed by atoms with Gasteiger partial charge in [-0.05, 0) is 67.4 Å². The molecular weight excluding hydrogens is 488 g/mol. The van der Waals surface area contributed by atoms with E-state index in [9.17, 15) is 27.5 Å². The van der Waals surface area contributed by atoms with Crippen LogP contribution < -0.4 is 10.1 Å². The highest BCUT2D eigenvalue weighted by Crippen LogP contribution is 2.29. The maximum absolute atomic E-state index is 13.2. The number of rotatable bonds is 6. The van der Waals surface area contributed by atoms with Crippen molar-refractivity contribution in [3.05, 3.63) is 101 Å². The quantitative estimate of drug-likeness (QED) is 0.243. The number of aromatic amines is 1. The summed E-state index contributed by atoms with van der Waals surface area (Å²) in [4.78, 5) is 16.3. The zero-order valence-electron chi connectivity index (χ0n) is 19.6. The van der Waals surface area contributed by atoms with Gasteiger partial charge in [0.2, 0.25) is 0 Å². The van der Waals surface area contributed by atoms with Crippen LogP contribution in [0.4, 0.5) is 17.6 Å². The molecule has 0 aliphatic heterocycles. The standard InChI is InChI=1S/C28H22F4N2O3/c1-27(17-35,15-20-16-33-24-5-3-2-4-22(20)24)34-26(36)23-14-19(10-13-25(23)37-28(30,31)32)7-6-18-8-11-21(29)12-9-18/h2-5,8-14,16,33,35H,15,17H2,1H3,(H,34,36). The summed E-state index contributed by atoms with van der Waals surface area (Å²) in [5.41, 5.74) is 0.811. The molecule has 0 bridgehead atoms. The molecule has 0 aliphatic rings. The van der Waals surface area contributed by atoms with Crippen LogP contribution in [-0.2, 0) is 6.42 Å². The number of halogens is 4. The Morgan fingerprint density at radius 1 is 1.03 bits per heavy atom. The van der Waals surface area contributed by atoms with Gasteiger partial charge >= 0.3 is 6.36 Å². The smallest absolute Gasteiger partial charge is 0.405 e. The van der Waals surface area contributed by atoms with E-state index in [-0.39, 0.29) is 12.0 Å². The molecule has 3 N–H and O–H groups in total. The van der Waals surface area contributed by atoms with Crippen molar-refractivity contribution in [2.45, 2.75) is 25.2 Å². The van der Waals surface area contributed by atoms with Gasteiger partial charge in [0, 0.05) is 28.2 Å². The van der Waals surface area contributed by atoms with Crippen molar-refractivity contribution >= 4 is 16.8 Å². The average molecular weight is 510 g/mol. The maximum atomic E-state index is 13.2. The Balaban J connectivity index is 1.64. The number of aliphatic hydroxyl groups is 1. The molecule has 0 aliphatic carbocycles. The van der Waals surface area contributed by atoms with E-state index in [4.69, 9.17) is 0 Å². The van der Waals surface area contributed by atoms with E-state index < -0.39 is 41.5 Å². The second kappa shape index (κ2) is 10.4. The number of aliphatic hydroxyl groups excluding tert-OH is 1. The molecule has 0 fully saturated rings. The molecule has 190 valence electrons. The first-order valence-corrected chi connectivity index (χ1v) is 11.2. The number of alkyl halides is 3. The lowest BCUT2D eigenvalue weighted by Gasteiger charge is -2.29. The summed E-state index contributed by atoms with van der Waals surface area (Å²) >= 11 is 0. The molecule has 0 saturated carbocycles. The molecule has 4 rings (SSSR count). The topological polar surface area (TPSA) is 74.4 Å². The van der Waals surface area contributed by atoms with Crippen LogP contribution in [0.25, 0.3) is 10.9 Å². The number of ether oxygens (including phenoxy) is 1. The van der Waals surface area contributed by atoms with Crippen molar-refractivity contribution in [2.75, 3.05) is 6.61 Å². The first-order chi connectivity index (χ1) is 17.5. The van der Waals surface area contributed by atoms with Gasteiger partial charge in [0.15, 0.2) is 0 Å². The van der Waals surface area contributed by atoms with Gasteiger partial charge in [-0.2, -0.15) is 0 Å². The van der Waals surface area contributed by atoms with E-state index in [2.05, 4.69) is 26.9 Å². The summed E-state index contributed by atoms with van der Waals surface area (Å²) < 4.78 is 56.3. The van der Waals surface area contributed by atoms with Crippen LogP contribution in [0.15, 0.2) is 72.9 Å². The SMILES string of the molecule is CC(CO)(Cc1c[nH]c2ccccc12)NC(=O)c1cc(C#Cc2ccc(F)cc2)ccc1OC(F)(F)F.